The molecule has 210 valence electrons. The van der Waals surface area contributed by atoms with Crippen molar-refractivity contribution < 1.29 is 29.0 Å². The summed E-state index contributed by atoms with van der Waals surface area (Å²) >= 11 is 0. The van der Waals surface area contributed by atoms with Crippen molar-refractivity contribution in [3.8, 4) is 0 Å². The Bertz CT molecular complexity index is 898. The van der Waals surface area contributed by atoms with Gasteiger partial charge in [0.25, 0.3) is 0 Å². The highest BCUT2D eigenvalue weighted by Gasteiger charge is 2.69. The molecule has 4 saturated carbocycles. The normalized spacial score (nSPS) is 44.0. The summed E-state index contributed by atoms with van der Waals surface area (Å²) in [5.41, 5.74) is -2.05. The van der Waals surface area contributed by atoms with Crippen molar-refractivity contribution in [1.29, 1.82) is 0 Å². The second-order valence-corrected chi connectivity index (χ2v) is 14.0. The molecule has 37 heavy (non-hydrogen) atoms. The van der Waals surface area contributed by atoms with Crippen molar-refractivity contribution in [3.05, 3.63) is 0 Å². The number of carbonyl (C=O) groups is 3. The Labute approximate surface area is 223 Å². The number of hydrogen-bond acceptors (Lipinski definition) is 6. The van der Waals surface area contributed by atoms with Gasteiger partial charge in [0, 0.05) is 32.1 Å². The van der Waals surface area contributed by atoms with Crippen molar-refractivity contribution in [2.45, 2.75) is 130 Å². The smallest absolute Gasteiger partial charge is 0.303 e. The highest BCUT2D eigenvalue weighted by atomic mass is 16.6. The van der Waals surface area contributed by atoms with Gasteiger partial charge in [0.05, 0.1) is 0 Å². The first-order valence-electron chi connectivity index (χ1n) is 14.8. The Morgan fingerprint density at radius 3 is 2.16 bits per heavy atom. The second kappa shape index (κ2) is 10.3. The van der Waals surface area contributed by atoms with Crippen LogP contribution in [-0.4, -0.2) is 40.6 Å². The molecule has 0 unspecified atom stereocenters. The predicted octanol–water partition coefficient (Wildman–Crippen LogP) is 5.87. The first-order valence-corrected chi connectivity index (χ1v) is 14.8. The SMILES string of the molecule is CC(=O)O[C@H]1C[C@]2(O)C(=O)C[C@H]3[C@@H]4CC[C@H]([C@H](C)CCCC(C)C)[C@@]4(C)CC[C@@H]3[C@@]2(C)C[C@H]1OC(C)=O. The number of aliphatic hydroxyl groups is 1. The van der Waals surface area contributed by atoms with Crippen molar-refractivity contribution in [2.24, 2.45) is 46.3 Å². The molecule has 4 aliphatic rings. The summed E-state index contributed by atoms with van der Waals surface area (Å²) in [7, 11) is 0. The largest absolute Gasteiger partial charge is 0.459 e. The summed E-state index contributed by atoms with van der Waals surface area (Å²) in [5.74, 6) is 1.97. The number of carbonyl (C=O) groups excluding carboxylic acids is 3. The molecule has 0 amide bonds. The molecule has 10 atom stereocenters. The molecular formula is C31H50O6. The third-order valence-electron chi connectivity index (χ3n) is 11.5. The van der Waals surface area contributed by atoms with E-state index in [-0.39, 0.29) is 29.5 Å². The molecule has 0 heterocycles. The van der Waals surface area contributed by atoms with Gasteiger partial charge in [0.2, 0.25) is 0 Å². The summed E-state index contributed by atoms with van der Waals surface area (Å²) < 4.78 is 11.1. The molecule has 0 spiro atoms. The quantitative estimate of drug-likeness (QED) is 0.424. The van der Waals surface area contributed by atoms with E-state index in [1.165, 1.54) is 39.5 Å². The minimum atomic E-state index is -1.57. The van der Waals surface area contributed by atoms with Gasteiger partial charge in [-0.15, -0.1) is 0 Å². The Morgan fingerprint density at radius 2 is 1.57 bits per heavy atom. The average Bonchev–Trinajstić information content (AvgIpc) is 3.13. The standard InChI is InChI=1S/C31H50O6/c1-18(2)9-8-10-19(3)23-11-12-24-22-15-28(34)31(35)17-27(37-21(5)33)26(36-20(4)32)16-30(31,7)25(22)13-14-29(23,24)6/h18-19,22-27,35H,8-17H2,1-7H3/t19-,22+,23-,24+,25+,26-,27+,29-,30-,31+/m1/s1. The number of ether oxygens (including phenoxy) is 2. The van der Waals surface area contributed by atoms with Crippen LogP contribution in [0.5, 0.6) is 0 Å². The number of esters is 2. The van der Waals surface area contributed by atoms with E-state index in [9.17, 15) is 19.5 Å². The molecule has 0 aromatic rings. The highest BCUT2D eigenvalue weighted by molar-refractivity contribution is 5.90. The Morgan fingerprint density at radius 1 is 0.946 bits per heavy atom. The topological polar surface area (TPSA) is 89.9 Å². The van der Waals surface area contributed by atoms with Crippen LogP contribution in [0, 0.1) is 46.3 Å². The molecule has 0 saturated heterocycles. The fourth-order valence-corrected chi connectivity index (χ4v) is 9.70. The van der Waals surface area contributed by atoms with Crippen molar-refractivity contribution >= 4 is 17.7 Å². The van der Waals surface area contributed by atoms with Gasteiger partial charge in [-0.05, 0) is 73.0 Å². The lowest BCUT2D eigenvalue weighted by Crippen LogP contribution is -2.70. The van der Waals surface area contributed by atoms with E-state index >= 15 is 0 Å². The fraction of sp³-hybridized carbons (Fsp3) is 0.903. The van der Waals surface area contributed by atoms with E-state index in [1.807, 2.05) is 6.92 Å². The molecule has 0 aliphatic heterocycles. The lowest BCUT2D eigenvalue weighted by molar-refractivity contribution is -0.238. The molecule has 4 aliphatic carbocycles. The van der Waals surface area contributed by atoms with Crippen LogP contribution in [0.1, 0.15) is 113 Å². The summed E-state index contributed by atoms with van der Waals surface area (Å²) in [5, 5.41) is 12.0. The zero-order valence-corrected chi connectivity index (χ0v) is 24.2. The summed E-state index contributed by atoms with van der Waals surface area (Å²) in [6.07, 6.45) is 7.60. The van der Waals surface area contributed by atoms with Crippen molar-refractivity contribution in [2.75, 3.05) is 0 Å². The number of Topliss-reactive ketones (excluding diaryl/α,β-unsaturated/α-hetero) is 1. The van der Waals surface area contributed by atoms with Crippen LogP contribution >= 0.6 is 0 Å². The molecule has 6 nitrogen and oxygen atoms in total. The molecule has 4 rings (SSSR count). The minimum absolute atomic E-state index is 0.000521. The molecule has 0 aromatic heterocycles. The maximum atomic E-state index is 13.8. The van der Waals surface area contributed by atoms with Gasteiger partial charge in [0.15, 0.2) is 5.78 Å². The van der Waals surface area contributed by atoms with Crippen LogP contribution in [0.3, 0.4) is 0 Å². The van der Waals surface area contributed by atoms with Gasteiger partial charge in [0.1, 0.15) is 17.8 Å². The van der Waals surface area contributed by atoms with Gasteiger partial charge >= 0.3 is 11.9 Å². The van der Waals surface area contributed by atoms with Crippen LogP contribution in [-0.2, 0) is 23.9 Å². The Hall–Kier alpha value is -1.43. The Kier molecular flexibility index (Phi) is 7.94. The van der Waals surface area contributed by atoms with Gasteiger partial charge in [-0.25, -0.2) is 0 Å². The summed E-state index contributed by atoms with van der Waals surface area (Å²) in [6, 6.07) is 0. The van der Waals surface area contributed by atoms with Crippen LogP contribution in [0.15, 0.2) is 0 Å². The maximum absolute atomic E-state index is 13.8. The molecule has 0 aromatic carbocycles. The van der Waals surface area contributed by atoms with E-state index in [2.05, 4.69) is 27.7 Å². The fourth-order valence-electron chi connectivity index (χ4n) is 9.70. The van der Waals surface area contributed by atoms with E-state index in [4.69, 9.17) is 9.47 Å². The lowest BCUT2D eigenvalue weighted by atomic mass is 9.42. The Balaban J connectivity index is 1.59. The van der Waals surface area contributed by atoms with Crippen LogP contribution in [0.2, 0.25) is 0 Å². The van der Waals surface area contributed by atoms with Gasteiger partial charge in [-0.1, -0.05) is 53.9 Å². The van der Waals surface area contributed by atoms with Crippen LogP contribution in [0.4, 0.5) is 0 Å². The summed E-state index contributed by atoms with van der Waals surface area (Å²) in [6.45, 7) is 14.2. The van der Waals surface area contributed by atoms with Crippen LogP contribution in [0.25, 0.3) is 0 Å². The van der Waals surface area contributed by atoms with Crippen LogP contribution < -0.4 is 0 Å². The zero-order valence-electron chi connectivity index (χ0n) is 24.2. The van der Waals surface area contributed by atoms with E-state index in [0.29, 0.717) is 30.6 Å². The monoisotopic (exact) mass is 518 g/mol. The molecule has 4 fully saturated rings. The molecule has 1 N–H and O–H groups in total. The molecule has 6 heteroatoms. The third kappa shape index (κ3) is 4.89. The predicted molar refractivity (Wildman–Crippen MR) is 141 cm³/mol. The van der Waals surface area contributed by atoms with Crippen molar-refractivity contribution in [3.63, 3.8) is 0 Å². The maximum Gasteiger partial charge on any atom is 0.303 e. The average molecular weight is 519 g/mol. The molecule has 0 radical (unpaired) electrons. The first-order chi connectivity index (χ1) is 17.2. The highest BCUT2D eigenvalue weighted by Crippen LogP contribution is 2.68. The third-order valence-corrected chi connectivity index (χ3v) is 11.5. The van der Waals surface area contributed by atoms with E-state index in [1.54, 1.807) is 0 Å². The second-order valence-electron chi connectivity index (χ2n) is 14.0. The first kappa shape index (κ1) is 28.6. The summed E-state index contributed by atoms with van der Waals surface area (Å²) in [4.78, 5) is 37.5. The number of hydrogen-bond donors (Lipinski definition) is 1. The van der Waals surface area contributed by atoms with Gasteiger partial charge in [-0.3, -0.25) is 14.4 Å². The molecular weight excluding hydrogens is 468 g/mol. The van der Waals surface area contributed by atoms with Gasteiger partial charge in [-0.2, -0.15) is 0 Å². The molecule has 0 bridgehead atoms. The lowest BCUT2D eigenvalue weighted by Gasteiger charge is -2.63. The minimum Gasteiger partial charge on any atom is -0.459 e. The number of ketones is 1. The van der Waals surface area contributed by atoms with Gasteiger partial charge < -0.3 is 14.6 Å². The number of rotatable bonds is 7. The van der Waals surface area contributed by atoms with Crippen molar-refractivity contribution in [1.82, 2.24) is 0 Å². The number of fused-ring (bicyclic) bond motifs is 5. The van der Waals surface area contributed by atoms with E-state index < -0.39 is 35.2 Å². The zero-order chi connectivity index (χ0) is 27.3. The van der Waals surface area contributed by atoms with E-state index in [0.717, 1.165) is 25.2 Å².